The molecule has 0 N–H and O–H groups in total. The summed E-state index contributed by atoms with van der Waals surface area (Å²) in [6, 6.07) is 10.4. The SMILES string of the molecule is Cc1csc[n+]1-c1ccccc1. The van der Waals surface area contributed by atoms with E-state index < -0.39 is 0 Å². The van der Waals surface area contributed by atoms with Crippen molar-refractivity contribution in [3.63, 3.8) is 0 Å². The Morgan fingerprint density at radius 1 is 1.17 bits per heavy atom. The van der Waals surface area contributed by atoms with Crippen LogP contribution in [-0.2, 0) is 0 Å². The first kappa shape index (κ1) is 7.50. The number of hydrogen-bond donors (Lipinski definition) is 0. The Morgan fingerprint density at radius 3 is 2.50 bits per heavy atom. The molecule has 1 aromatic heterocycles. The van der Waals surface area contributed by atoms with Crippen molar-refractivity contribution in [2.45, 2.75) is 6.92 Å². The second-order valence-corrected chi connectivity index (χ2v) is 3.42. The summed E-state index contributed by atoms with van der Waals surface area (Å²) in [5.41, 5.74) is 4.63. The molecule has 2 aromatic rings. The minimum atomic E-state index is 1.23. The molecule has 0 saturated carbocycles. The largest absolute Gasteiger partial charge is 0.230 e. The summed E-state index contributed by atoms with van der Waals surface area (Å²) in [5, 5.41) is 2.15. The Balaban J connectivity index is 2.51. The Kier molecular flexibility index (Phi) is 1.92. The maximum atomic E-state index is 2.19. The average molecular weight is 176 g/mol. The second kappa shape index (κ2) is 3.07. The van der Waals surface area contributed by atoms with E-state index in [-0.39, 0.29) is 0 Å². The summed E-state index contributed by atoms with van der Waals surface area (Å²) in [6.07, 6.45) is 0. The molecule has 2 rings (SSSR count). The van der Waals surface area contributed by atoms with Crippen molar-refractivity contribution >= 4 is 11.3 Å². The van der Waals surface area contributed by atoms with Crippen LogP contribution in [0, 0.1) is 6.92 Å². The van der Waals surface area contributed by atoms with Crippen molar-refractivity contribution in [2.24, 2.45) is 0 Å². The Bertz CT molecular complexity index is 364. The number of aromatic nitrogens is 1. The monoisotopic (exact) mass is 176 g/mol. The fourth-order valence-corrected chi connectivity index (χ4v) is 1.96. The molecule has 0 aliphatic carbocycles. The first-order chi connectivity index (χ1) is 5.88. The van der Waals surface area contributed by atoms with Gasteiger partial charge in [0.05, 0.1) is 5.38 Å². The molecule has 12 heavy (non-hydrogen) atoms. The molecule has 0 aliphatic rings. The van der Waals surface area contributed by atoms with E-state index >= 15 is 0 Å². The highest BCUT2D eigenvalue weighted by atomic mass is 32.1. The smallest absolute Gasteiger partial charge is 0.155 e. The van der Waals surface area contributed by atoms with Crippen LogP contribution in [0.5, 0.6) is 0 Å². The van der Waals surface area contributed by atoms with Gasteiger partial charge in [-0.2, -0.15) is 4.57 Å². The lowest BCUT2D eigenvalue weighted by molar-refractivity contribution is -0.597. The van der Waals surface area contributed by atoms with Gasteiger partial charge < -0.3 is 0 Å². The number of hydrogen-bond acceptors (Lipinski definition) is 1. The van der Waals surface area contributed by atoms with E-state index in [1.165, 1.54) is 11.4 Å². The number of benzene rings is 1. The van der Waals surface area contributed by atoms with E-state index in [1.807, 2.05) is 6.07 Å². The van der Waals surface area contributed by atoms with Gasteiger partial charge in [-0.3, -0.25) is 0 Å². The molecule has 0 amide bonds. The van der Waals surface area contributed by atoms with E-state index in [2.05, 4.69) is 46.6 Å². The first-order valence-corrected chi connectivity index (χ1v) is 4.82. The molecule has 1 aromatic carbocycles. The van der Waals surface area contributed by atoms with Crippen LogP contribution in [-0.4, -0.2) is 0 Å². The van der Waals surface area contributed by atoms with Gasteiger partial charge in [-0.25, -0.2) is 0 Å². The number of thiazole rings is 1. The molecule has 0 aliphatic heterocycles. The summed E-state index contributed by atoms with van der Waals surface area (Å²) >= 11 is 1.72. The third-order valence-corrected chi connectivity index (χ3v) is 2.63. The van der Waals surface area contributed by atoms with Crippen LogP contribution < -0.4 is 4.57 Å². The van der Waals surface area contributed by atoms with Crippen molar-refractivity contribution in [3.8, 4) is 5.69 Å². The van der Waals surface area contributed by atoms with E-state index in [1.54, 1.807) is 11.3 Å². The summed E-state index contributed by atoms with van der Waals surface area (Å²) < 4.78 is 2.19. The maximum Gasteiger partial charge on any atom is 0.230 e. The fraction of sp³-hybridized carbons (Fsp3) is 0.100. The number of nitrogens with zero attached hydrogens (tertiary/aromatic N) is 1. The first-order valence-electron chi connectivity index (χ1n) is 3.88. The van der Waals surface area contributed by atoms with E-state index in [0.717, 1.165) is 0 Å². The third-order valence-electron chi connectivity index (χ3n) is 1.82. The van der Waals surface area contributed by atoms with Gasteiger partial charge in [0.1, 0.15) is 0 Å². The molecule has 0 atom stereocenters. The summed E-state index contributed by atoms with van der Waals surface area (Å²) in [6.45, 7) is 2.11. The molecule has 2 heteroatoms. The van der Waals surface area contributed by atoms with Crippen LogP contribution in [0.2, 0.25) is 0 Å². The van der Waals surface area contributed by atoms with E-state index in [4.69, 9.17) is 0 Å². The second-order valence-electron chi connectivity index (χ2n) is 2.71. The number of para-hydroxylation sites is 1. The van der Waals surface area contributed by atoms with Crippen LogP contribution in [0.15, 0.2) is 41.2 Å². The maximum absolute atomic E-state index is 2.19. The van der Waals surface area contributed by atoms with Crippen LogP contribution in [0.25, 0.3) is 5.69 Å². The summed E-state index contributed by atoms with van der Waals surface area (Å²) in [5.74, 6) is 0. The molecule has 0 saturated heterocycles. The van der Waals surface area contributed by atoms with Gasteiger partial charge in [0.2, 0.25) is 11.2 Å². The van der Waals surface area contributed by atoms with Crippen molar-refractivity contribution in [1.82, 2.24) is 0 Å². The van der Waals surface area contributed by atoms with Gasteiger partial charge in [0, 0.05) is 19.1 Å². The quantitative estimate of drug-likeness (QED) is 0.587. The zero-order valence-electron chi connectivity index (χ0n) is 6.90. The standard InChI is InChI=1S/C10H10NS/c1-9-7-12-8-11(9)10-5-3-2-4-6-10/h2-8H,1H3/q+1. The van der Waals surface area contributed by atoms with Gasteiger partial charge in [-0.05, 0) is 0 Å². The van der Waals surface area contributed by atoms with Crippen LogP contribution in [0.3, 0.4) is 0 Å². The minimum absolute atomic E-state index is 1.23. The molecule has 0 unspecified atom stereocenters. The Morgan fingerprint density at radius 2 is 1.92 bits per heavy atom. The van der Waals surface area contributed by atoms with Crippen LogP contribution in [0.1, 0.15) is 5.69 Å². The summed E-state index contributed by atoms with van der Waals surface area (Å²) in [7, 11) is 0. The molecular weight excluding hydrogens is 166 g/mol. The molecule has 0 spiro atoms. The lowest BCUT2D eigenvalue weighted by Gasteiger charge is -1.91. The Hall–Kier alpha value is -1.15. The van der Waals surface area contributed by atoms with Gasteiger partial charge in [-0.15, -0.1) is 0 Å². The Labute approximate surface area is 75.9 Å². The number of aryl methyl sites for hydroxylation is 1. The molecule has 0 radical (unpaired) electrons. The highest BCUT2D eigenvalue weighted by molar-refractivity contribution is 7.07. The van der Waals surface area contributed by atoms with Crippen LogP contribution in [0.4, 0.5) is 0 Å². The molecular formula is C10H10NS+. The van der Waals surface area contributed by atoms with Crippen molar-refractivity contribution in [2.75, 3.05) is 0 Å². The highest BCUT2D eigenvalue weighted by Gasteiger charge is 2.08. The lowest BCUT2D eigenvalue weighted by atomic mass is 10.3. The number of rotatable bonds is 1. The van der Waals surface area contributed by atoms with Gasteiger partial charge >= 0.3 is 0 Å². The molecule has 1 heterocycles. The molecule has 60 valence electrons. The predicted octanol–water partition coefficient (Wildman–Crippen LogP) is 2.33. The van der Waals surface area contributed by atoms with E-state index in [0.29, 0.717) is 0 Å². The van der Waals surface area contributed by atoms with Crippen molar-refractivity contribution < 1.29 is 4.57 Å². The molecule has 0 fully saturated rings. The highest BCUT2D eigenvalue weighted by Crippen LogP contribution is 2.03. The van der Waals surface area contributed by atoms with Crippen molar-refractivity contribution in [3.05, 3.63) is 46.9 Å². The van der Waals surface area contributed by atoms with Gasteiger partial charge in [0.15, 0.2) is 5.69 Å². The molecule has 1 nitrogen and oxygen atoms in total. The zero-order valence-corrected chi connectivity index (χ0v) is 7.71. The van der Waals surface area contributed by atoms with E-state index in [9.17, 15) is 0 Å². The zero-order chi connectivity index (χ0) is 8.39. The molecule has 0 bridgehead atoms. The van der Waals surface area contributed by atoms with Crippen LogP contribution >= 0.6 is 11.3 Å². The third kappa shape index (κ3) is 1.25. The van der Waals surface area contributed by atoms with Gasteiger partial charge in [0.25, 0.3) is 0 Å². The average Bonchev–Trinajstić information content (AvgIpc) is 2.53. The normalized spacial score (nSPS) is 10.1. The lowest BCUT2D eigenvalue weighted by Crippen LogP contribution is -2.30. The topological polar surface area (TPSA) is 3.88 Å². The van der Waals surface area contributed by atoms with Crippen molar-refractivity contribution in [1.29, 1.82) is 0 Å². The van der Waals surface area contributed by atoms with Gasteiger partial charge in [-0.1, -0.05) is 29.5 Å². The minimum Gasteiger partial charge on any atom is -0.155 e. The summed E-state index contributed by atoms with van der Waals surface area (Å²) in [4.78, 5) is 0. The fourth-order valence-electron chi connectivity index (χ4n) is 1.18. The predicted molar refractivity (Wildman–Crippen MR) is 50.6 cm³/mol.